The third-order valence-corrected chi connectivity index (χ3v) is 5.22. The molecule has 2 aromatic heterocycles. The SMILES string of the molecule is COC(=O)c1c(C)cc(NCCCN2CCOCC2)n2c1nc1ccccc12. The summed E-state index contributed by atoms with van der Waals surface area (Å²) in [5.41, 5.74) is 3.82. The lowest BCUT2D eigenvalue weighted by Gasteiger charge is -2.26. The normalized spacial score (nSPS) is 15.2. The first-order valence-electron chi connectivity index (χ1n) is 9.72. The van der Waals surface area contributed by atoms with E-state index < -0.39 is 0 Å². The Morgan fingerprint density at radius 2 is 2.07 bits per heavy atom. The molecule has 1 aliphatic rings. The minimum atomic E-state index is -0.364. The number of aryl methyl sites for hydroxylation is 1. The highest BCUT2D eigenvalue weighted by Crippen LogP contribution is 2.27. The number of morpholine rings is 1. The molecule has 1 fully saturated rings. The van der Waals surface area contributed by atoms with Crippen LogP contribution in [0.15, 0.2) is 30.3 Å². The quantitative estimate of drug-likeness (QED) is 0.522. The first kappa shape index (κ1) is 18.7. The summed E-state index contributed by atoms with van der Waals surface area (Å²) < 4.78 is 12.4. The summed E-state index contributed by atoms with van der Waals surface area (Å²) in [5.74, 6) is 0.576. The van der Waals surface area contributed by atoms with E-state index in [4.69, 9.17) is 14.5 Å². The molecule has 28 heavy (non-hydrogen) atoms. The first-order valence-corrected chi connectivity index (χ1v) is 9.72. The standard InChI is InChI=1S/C21H26N4O3/c1-15-14-18(22-8-5-9-24-10-12-28-13-11-24)25-17-7-4-3-6-16(17)23-20(25)19(15)21(26)27-2/h3-4,6-7,14,22H,5,8-13H2,1-2H3. The molecular formula is C21H26N4O3. The van der Waals surface area contributed by atoms with Gasteiger partial charge in [0.1, 0.15) is 11.4 Å². The molecule has 0 spiro atoms. The van der Waals surface area contributed by atoms with E-state index in [1.165, 1.54) is 7.11 Å². The molecule has 0 saturated carbocycles. The molecule has 0 unspecified atom stereocenters. The molecule has 0 atom stereocenters. The number of rotatable bonds is 6. The number of fused-ring (bicyclic) bond motifs is 3. The van der Waals surface area contributed by atoms with Crippen LogP contribution in [0.1, 0.15) is 22.3 Å². The molecule has 3 heterocycles. The van der Waals surface area contributed by atoms with Gasteiger partial charge in [-0.3, -0.25) is 9.30 Å². The van der Waals surface area contributed by atoms with E-state index in [1.807, 2.05) is 41.7 Å². The van der Waals surface area contributed by atoms with Crippen molar-refractivity contribution in [3.05, 3.63) is 41.5 Å². The maximum absolute atomic E-state index is 12.4. The van der Waals surface area contributed by atoms with Gasteiger partial charge in [-0.25, -0.2) is 9.78 Å². The number of carbonyl (C=O) groups excluding carboxylic acids is 1. The molecule has 0 aliphatic carbocycles. The number of nitrogens with zero attached hydrogens (tertiary/aromatic N) is 3. The van der Waals surface area contributed by atoms with Gasteiger partial charge in [-0.05, 0) is 43.7 Å². The molecule has 3 aromatic rings. The van der Waals surface area contributed by atoms with Crippen LogP contribution in [0, 0.1) is 6.92 Å². The largest absolute Gasteiger partial charge is 0.465 e. The molecule has 7 nitrogen and oxygen atoms in total. The van der Waals surface area contributed by atoms with Crippen molar-refractivity contribution >= 4 is 28.5 Å². The fourth-order valence-electron chi connectivity index (χ4n) is 3.78. The minimum Gasteiger partial charge on any atom is -0.465 e. The van der Waals surface area contributed by atoms with Gasteiger partial charge >= 0.3 is 5.97 Å². The molecule has 0 radical (unpaired) electrons. The Morgan fingerprint density at radius 1 is 1.29 bits per heavy atom. The lowest BCUT2D eigenvalue weighted by Crippen LogP contribution is -2.37. The Balaban J connectivity index is 1.63. The van der Waals surface area contributed by atoms with Gasteiger partial charge in [0, 0.05) is 19.6 Å². The lowest BCUT2D eigenvalue weighted by atomic mass is 10.1. The summed E-state index contributed by atoms with van der Waals surface area (Å²) in [5, 5.41) is 3.54. The van der Waals surface area contributed by atoms with Crippen molar-refractivity contribution < 1.29 is 14.3 Å². The predicted octanol–water partition coefficient (Wildman–Crippen LogP) is 2.72. The summed E-state index contributed by atoms with van der Waals surface area (Å²) >= 11 is 0. The Bertz CT molecular complexity index is 992. The van der Waals surface area contributed by atoms with Crippen LogP contribution in [0.3, 0.4) is 0 Å². The van der Waals surface area contributed by atoms with Crippen molar-refractivity contribution in [1.29, 1.82) is 0 Å². The maximum atomic E-state index is 12.4. The number of anilines is 1. The zero-order chi connectivity index (χ0) is 19.5. The third kappa shape index (κ3) is 3.55. The highest BCUT2D eigenvalue weighted by molar-refractivity contribution is 6.00. The van der Waals surface area contributed by atoms with Gasteiger partial charge in [0.2, 0.25) is 0 Å². The van der Waals surface area contributed by atoms with Crippen LogP contribution in [0.5, 0.6) is 0 Å². The van der Waals surface area contributed by atoms with Gasteiger partial charge in [-0.15, -0.1) is 0 Å². The summed E-state index contributed by atoms with van der Waals surface area (Å²) in [7, 11) is 1.40. The number of esters is 1. The number of carbonyl (C=O) groups is 1. The smallest absolute Gasteiger partial charge is 0.341 e. The average Bonchev–Trinajstić information content (AvgIpc) is 3.10. The fourth-order valence-corrected chi connectivity index (χ4v) is 3.78. The van der Waals surface area contributed by atoms with Crippen LogP contribution in [-0.2, 0) is 9.47 Å². The summed E-state index contributed by atoms with van der Waals surface area (Å²) in [6, 6.07) is 9.92. The van der Waals surface area contributed by atoms with E-state index in [1.54, 1.807) is 0 Å². The Hall–Kier alpha value is -2.64. The van der Waals surface area contributed by atoms with Crippen molar-refractivity contribution in [2.45, 2.75) is 13.3 Å². The predicted molar refractivity (Wildman–Crippen MR) is 109 cm³/mol. The van der Waals surface area contributed by atoms with Crippen LogP contribution >= 0.6 is 0 Å². The number of hydrogen-bond acceptors (Lipinski definition) is 6. The zero-order valence-electron chi connectivity index (χ0n) is 16.4. The second-order valence-corrected chi connectivity index (χ2v) is 7.07. The number of pyridine rings is 1. The van der Waals surface area contributed by atoms with Crippen molar-refractivity contribution in [1.82, 2.24) is 14.3 Å². The molecule has 0 amide bonds. The molecule has 1 aromatic carbocycles. The molecular weight excluding hydrogens is 356 g/mol. The highest BCUT2D eigenvalue weighted by atomic mass is 16.5. The van der Waals surface area contributed by atoms with Crippen LogP contribution in [0.25, 0.3) is 16.7 Å². The van der Waals surface area contributed by atoms with Gasteiger partial charge in [-0.2, -0.15) is 0 Å². The molecule has 1 aliphatic heterocycles. The topological polar surface area (TPSA) is 68.1 Å². The molecule has 1 saturated heterocycles. The van der Waals surface area contributed by atoms with Crippen molar-refractivity contribution in [2.24, 2.45) is 0 Å². The monoisotopic (exact) mass is 382 g/mol. The summed E-state index contributed by atoms with van der Waals surface area (Å²) in [6.45, 7) is 7.46. The van der Waals surface area contributed by atoms with Gasteiger partial charge in [0.25, 0.3) is 0 Å². The number of imidazole rings is 1. The maximum Gasteiger partial charge on any atom is 0.341 e. The zero-order valence-corrected chi connectivity index (χ0v) is 16.4. The summed E-state index contributed by atoms with van der Waals surface area (Å²) in [4.78, 5) is 19.5. The molecule has 4 rings (SSSR count). The van der Waals surface area contributed by atoms with E-state index >= 15 is 0 Å². The highest BCUT2D eigenvalue weighted by Gasteiger charge is 2.20. The van der Waals surface area contributed by atoms with Crippen molar-refractivity contribution in [2.75, 3.05) is 51.8 Å². The van der Waals surface area contributed by atoms with Crippen LogP contribution in [0.2, 0.25) is 0 Å². The number of ether oxygens (including phenoxy) is 2. The number of benzene rings is 1. The van der Waals surface area contributed by atoms with E-state index in [9.17, 15) is 4.79 Å². The molecule has 1 N–H and O–H groups in total. The number of methoxy groups -OCH3 is 1. The second kappa shape index (κ2) is 8.16. The minimum absolute atomic E-state index is 0.364. The number of aromatic nitrogens is 2. The average molecular weight is 382 g/mol. The molecule has 148 valence electrons. The van der Waals surface area contributed by atoms with Gasteiger partial charge in [-0.1, -0.05) is 12.1 Å². The molecule has 7 heteroatoms. The van der Waals surface area contributed by atoms with E-state index in [2.05, 4.69) is 10.2 Å². The Kier molecular flexibility index (Phi) is 5.45. The van der Waals surface area contributed by atoms with E-state index in [-0.39, 0.29) is 5.97 Å². The van der Waals surface area contributed by atoms with Crippen molar-refractivity contribution in [3.8, 4) is 0 Å². The van der Waals surface area contributed by atoms with Gasteiger partial charge in [0.15, 0.2) is 5.65 Å². The Morgan fingerprint density at radius 3 is 2.86 bits per heavy atom. The fraction of sp³-hybridized carbons (Fsp3) is 0.429. The third-order valence-electron chi connectivity index (χ3n) is 5.22. The number of para-hydroxylation sites is 2. The first-order chi connectivity index (χ1) is 13.7. The van der Waals surface area contributed by atoms with Crippen LogP contribution < -0.4 is 5.32 Å². The van der Waals surface area contributed by atoms with Gasteiger partial charge in [0.05, 0.1) is 31.4 Å². The second-order valence-electron chi connectivity index (χ2n) is 7.07. The van der Waals surface area contributed by atoms with E-state index in [0.717, 1.165) is 68.2 Å². The van der Waals surface area contributed by atoms with Crippen LogP contribution in [0.4, 0.5) is 5.82 Å². The number of hydrogen-bond donors (Lipinski definition) is 1. The number of nitrogens with one attached hydrogen (secondary N) is 1. The Labute approximate surface area is 164 Å². The lowest BCUT2D eigenvalue weighted by molar-refractivity contribution is 0.0378. The van der Waals surface area contributed by atoms with Gasteiger partial charge < -0.3 is 14.8 Å². The van der Waals surface area contributed by atoms with E-state index in [0.29, 0.717) is 11.2 Å². The van der Waals surface area contributed by atoms with Crippen molar-refractivity contribution in [3.63, 3.8) is 0 Å². The molecule has 0 bridgehead atoms. The summed E-state index contributed by atoms with van der Waals surface area (Å²) in [6.07, 6.45) is 1.03. The van der Waals surface area contributed by atoms with Crippen LogP contribution in [-0.4, -0.2) is 66.8 Å².